The number of aromatic amines is 1. The van der Waals surface area contributed by atoms with Gasteiger partial charge in [-0.1, -0.05) is 11.6 Å². The minimum atomic E-state index is -0.813. The third kappa shape index (κ3) is 5.59. The summed E-state index contributed by atoms with van der Waals surface area (Å²) >= 11 is 5.91. The summed E-state index contributed by atoms with van der Waals surface area (Å²) in [6.45, 7) is 2.06. The van der Waals surface area contributed by atoms with E-state index >= 15 is 0 Å². The standard InChI is InChI=1S/C20H28ClN5O6/c1-32-15-9-25(10-16(27)26-6-2-11(3-7-26)20(30)31)5-4-14(15)23-18(28)12-8-13(21)17(22)24-19(12)29/h8,11,14-15H,2-7,9-10H2,1H3,(H,23,28)(H,30,31)(H3,22,24,29). The van der Waals surface area contributed by atoms with Crippen LogP contribution in [0.15, 0.2) is 10.9 Å². The van der Waals surface area contributed by atoms with Crippen molar-refractivity contribution in [2.45, 2.75) is 31.4 Å². The monoisotopic (exact) mass is 469 g/mol. The van der Waals surface area contributed by atoms with Crippen molar-refractivity contribution in [3.05, 3.63) is 27.0 Å². The Labute approximate surface area is 189 Å². The number of carboxylic acids is 1. The zero-order valence-electron chi connectivity index (χ0n) is 17.8. The molecule has 176 valence electrons. The number of H-pyrrole nitrogens is 1. The van der Waals surface area contributed by atoms with Crippen molar-refractivity contribution < 1.29 is 24.2 Å². The van der Waals surface area contributed by atoms with E-state index in [1.54, 1.807) is 4.90 Å². The number of pyridine rings is 1. The van der Waals surface area contributed by atoms with Gasteiger partial charge in [0.1, 0.15) is 11.4 Å². The van der Waals surface area contributed by atoms with E-state index in [9.17, 15) is 19.2 Å². The number of carbonyl (C=O) groups is 3. The molecule has 2 aliphatic rings. The van der Waals surface area contributed by atoms with Crippen LogP contribution in [0, 0.1) is 5.92 Å². The molecular weight excluding hydrogens is 442 g/mol. The highest BCUT2D eigenvalue weighted by molar-refractivity contribution is 6.33. The molecule has 2 aliphatic heterocycles. The molecular formula is C20H28ClN5O6. The number of hydrogen-bond donors (Lipinski definition) is 4. The molecule has 12 heteroatoms. The first kappa shape index (κ1) is 24.0. The molecule has 2 atom stereocenters. The third-order valence-electron chi connectivity index (χ3n) is 6.08. The second-order valence-corrected chi connectivity index (χ2v) is 8.55. The first-order chi connectivity index (χ1) is 15.2. The van der Waals surface area contributed by atoms with E-state index in [1.165, 1.54) is 13.2 Å². The fraction of sp³-hybridized carbons (Fsp3) is 0.600. The summed E-state index contributed by atoms with van der Waals surface area (Å²) in [5, 5.41) is 12.0. The van der Waals surface area contributed by atoms with Gasteiger partial charge in [-0.25, -0.2) is 0 Å². The van der Waals surface area contributed by atoms with E-state index in [2.05, 4.69) is 10.3 Å². The molecule has 2 saturated heterocycles. The number of aromatic nitrogens is 1. The number of piperidine rings is 2. The van der Waals surface area contributed by atoms with Gasteiger partial charge in [-0.2, -0.15) is 0 Å². The predicted octanol–water partition coefficient (Wildman–Crippen LogP) is -0.247. The lowest BCUT2D eigenvalue weighted by atomic mass is 9.97. The van der Waals surface area contributed by atoms with Crippen LogP contribution in [0.3, 0.4) is 0 Å². The number of aliphatic carboxylic acids is 1. The molecule has 1 aromatic rings. The van der Waals surface area contributed by atoms with Crippen molar-refractivity contribution in [3.63, 3.8) is 0 Å². The maximum Gasteiger partial charge on any atom is 0.306 e. The molecule has 2 unspecified atom stereocenters. The number of hydrogen-bond acceptors (Lipinski definition) is 7. The number of nitrogen functional groups attached to an aromatic ring is 1. The minimum Gasteiger partial charge on any atom is -0.481 e. The molecule has 3 heterocycles. The van der Waals surface area contributed by atoms with Crippen LogP contribution in [-0.4, -0.2) is 89.7 Å². The van der Waals surface area contributed by atoms with E-state index in [1.807, 2.05) is 4.90 Å². The maximum atomic E-state index is 12.6. The summed E-state index contributed by atoms with van der Waals surface area (Å²) < 4.78 is 5.53. The number of nitrogens with zero attached hydrogens (tertiary/aromatic N) is 2. The van der Waals surface area contributed by atoms with Crippen LogP contribution >= 0.6 is 11.6 Å². The topological polar surface area (TPSA) is 158 Å². The zero-order valence-corrected chi connectivity index (χ0v) is 18.6. The van der Waals surface area contributed by atoms with E-state index < -0.39 is 17.4 Å². The average Bonchev–Trinajstić information content (AvgIpc) is 2.77. The first-order valence-corrected chi connectivity index (χ1v) is 10.8. The lowest BCUT2D eigenvalue weighted by molar-refractivity contribution is -0.146. The quantitative estimate of drug-likeness (QED) is 0.444. The second-order valence-electron chi connectivity index (χ2n) is 8.14. The number of halogens is 1. The highest BCUT2D eigenvalue weighted by Gasteiger charge is 2.33. The SMILES string of the molecule is COC1CN(CC(=O)N2CCC(C(=O)O)CC2)CCC1NC(=O)c1cc(Cl)c(N)[nH]c1=O. The van der Waals surface area contributed by atoms with Crippen molar-refractivity contribution in [1.82, 2.24) is 20.1 Å². The van der Waals surface area contributed by atoms with Gasteiger partial charge in [-0.15, -0.1) is 0 Å². The fourth-order valence-corrected chi connectivity index (χ4v) is 4.29. The normalized spacial score (nSPS) is 22.5. The summed E-state index contributed by atoms with van der Waals surface area (Å²) in [6, 6.07) is 0.884. The van der Waals surface area contributed by atoms with Crippen LogP contribution in [0.1, 0.15) is 29.6 Å². The number of amides is 2. The number of ether oxygens (including phenoxy) is 1. The molecule has 11 nitrogen and oxygen atoms in total. The number of carbonyl (C=O) groups excluding carboxylic acids is 2. The zero-order chi connectivity index (χ0) is 23.4. The average molecular weight is 470 g/mol. The first-order valence-electron chi connectivity index (χ1n) is 10.4. The van der Waals surface area contributed by atoms with E-state index in [0.717, 1.165) is 0 Å². The summed E-state index contributed by atoms with van der Waals surface area (Å²) in [7, 11) is 1.53. The highest BCUT2D eigenvalue weighted by atomic mass is 35.5. The summed E-state index contributed by atoms with van der Waals surface area (Å²) in [5.41, 5.74) is 4.78. The summed E-state index contributed by atoms with van der Waals surface area (Å²) in [6.07, 6.45) is 1.08. The largest absolute Gasteiger partial charge is 0.481 e. The van der Waals surface area contributed by atoms with Crippen LogP contribution in [0.5, 0.6) is 0 Å². The molecule has 32 heavy (non-hydrogen) atoms. The van der Waals surface area contributed by atoms with Crippen LogP contribution < -0.4 is 16.6 Å². The number of anilines is 1. The Balaban J connectivity index is 1.54. The Kier molecular flexibility index (Phi) is 7.75. The Hall–Kier alpha value is -2.63. The smallest absolute Gasteiger partial charge is 0.306 e. The molecule has 0 bridgehead atoms. The van der Waals surface area contributed by atoms with Crippen molar-refractivity contribution in [2.24, 2.45) is 5.92 Å². The Morgan fingerprint density at radius 1 is 1.28 bits per heavy atom. The van der Waals surface area contributed by atoms with Gasteiger partial charge in [0.2, 0.25) is 5.91 Å². The lowest BCUT2D eigenvalue weighted by Crippen LogP contribution is -2.57. The molecule has 0 aromatic carbocycles. The molecule has 1 aromatic heterocycles. The van der Waals surface area contributed by atoms with Gasteiger partial charge in [0, 0.05) is 33.3 Å². The van der Waals surface area contributed by atoms with Crippen LogP contribution in [-0.2, 0) is 14.3 Å². The third-order valence-corrected chi connectivity index (χ3v) is 6.40. The van der Waals surface area contributed by atoms with Crippen molar-refractivity contribution in [1.29, 1.82) is 0 Å². The van der Waals surface area contributed by atoms with Crippen LogP contribution in [0.2, 0.25) is 5.02 Å². The highest BCUT2D eigenvalue weighted by Crippen LogP contribution is 2.19. The number of methoxy groups -OCH3 is 1. The number of nitrogens with one attached hydrogen (secondary N) is 2. The van der Waals surface area contributed by atoms with Crippen LogP contribution in [0.4, 0.5) is 5.82 Å². The van der Waals surface area contributed by atoms with E-state index in [-0.39, 0.29) is 46.9 Å². The second kappa shape index (κ2) is 10.3. The number of likely N-dealkylation sites (tertiary alicyclic amines) is 2. The molecule has 3 rings (SSSR count). The van der Waals surface area contributed by atoms with Crippen molar-refractivity contribution in [3.8, 4) is 0 Å². The van der Waals surface area contributed by atoms with Gasteiger partial charge in [-0.05, 0) is 25.3 Å². The fourth-order valence-electron chi connectivity index (χ4n) is 4.13. The van der Waals surface area contributed by atoms with Crippen molar-refractivity contribution in [2.75, 3.05) is 45.6 Å². The number of carboxylic acid groups (broad SMARTS) is 1. The van der Waals surface area contributed by atoms with Gasteiger partial charge in [0.05, 0.1) is 29.6 Å². The Morgan fingerprint density at radius 2 is 1.97 bits per heavy atom. The van der Waals surface area contributed by atoms with Crippen molar-refractivity contribution >= 4 is 35.2 Å². The molecule has 5 N–H and O–H groups in total. The molecule has 2 fully saturated rings. The molecule has 0 aliphatic carbocycles. The number of rotatable bonds is 6. The lowest BCUT2D eigenvalue weighted by Gasteiger charge is -2.39. The van der Waals surface area contributed by atoms with E-state index in [0.29, 0.717) is 45.4 Å². The molecule has 0 radical (unpaired) electrons. The maximum absolute atomic E-state index is 12.6. The van der Waals surface area contributed by atoms with Gasteiger partial charge >= 0.3 is 5.97 Å². The Morgan fingerprint density at radius 3 is 2.59 bits per heavy atom. The summed E-state index contributed by atoms with van der Waals surface area (Å²) in [5.74, 6) is -1.83. The Bertz CT molecular complexity index is 930. The van der Waals surface area contributed by atoms with Gasteiger partial charge in [0.15, 0.2) is 0 Å². The van der Waals surface area contributed by atoms with Gasteiger partial charge in [-0.3, -0.25) is 24.1 Å². The minimum absolute atomic E-state index is 0.00635. The van der Waals surface area contributed by atoms with Crippen LogP contribution in [0.25, 0.3) is 0 Å². The number of nitrogens with two attached hydrogens (primary N) is 1. The van der Waals surface area contributed by atoms with Gasteiger partial charge in [0.25, 0.3) is 11.5 Å². The van der Waals surface area contributed by atoms with Gasteiger partial charge < -0.3 is 30.8 Å². The van der Waals surface area contributed by atoms with E-state index in [4.69, 9.17) is 27.2 Å². The summed E-state index contributed by atoms with van der Waals surface area (Å²) in [4.78, 5) is 54.3. The predicted molar refractivity (Wildman–Crippen MR) is 117 cm³/mol. The molecule has 0 spiro atoms. The molecule has 0 saturated carbocycles. The molecule has 2 amide bonds.